The lowest BCUT2D eigenvalue weighted by Crippen LogP contribution is -2.39. The molecule has 222 valence electrons. The van der Waals surface area contributed by atoms with Gasteiger partial charge in [-0.1, -0.05) is 29.5 Å². The third-order valence-corrected chi connectivity index (χ3v) is 8.29. The summed E-state index contributed by atoms with van der Waals surface area (Å²) in [6.45, 7) is 10.1. The summed E-state index contributed by atoms with van der Waals surface area (Å²) < 4.78 is 20.0. The van der Waals surface area contributed by atoms with Gasteiger partial charge in [-0.15, -0.1) is 0 Å². The molecule has 10 heteroatoms. The molecule has 1 aliphatic rings. The molecule has 0 spiro atoms. The molecule has 0 fully saturated rings. The zero-order chi connectivity index (χ0) is 30.8. The number of benzene rings is 2. The monoisotopic (exact) mass is 599 g/mol. The molecule has 0 saturated heterocycles. The molecular formula is C33H33N3O6S. The molecule has 0 unspecified atom stereocenters. The van der Waals surface area contributed by atoms with E-state index in [1.54, 1.807) is 30.5 Å². The minimum absolute atomic E-state index is 0.203. The van der Waals surface area contributed by atoms with Gasteiger partial charge in [-0.3, -0.25) is 9.36 Å². The zero-order valence-corrected chi connectivity index (χ0v) is 25.8. The van der Waals surface area contributed by atoms with Crippen molar-refractivity contribution in [2.24, 2.45) is 4.99 Å². The number of hydrogen-bond donors (Lipinski definition) is 0. The van der Waals surface area contributed by atoms with Gasteiger partial charge >= 0.3 is 11.9 Å². The van der Waals surface area contributed by atoms with Gasteiger partial charge in [0.25, 0.3) is 5.56 Å². The molecule has 3 heterocycles. The summed E-state index contributed by atoms with van der Waals surface area (Å²) in [4.78, 5) is 44.5. The van der Waals surface area contributed by atoms with E-state index in [2.05, 4.69) is 4.99 Å². The molecule has 2 aromatic carbocycles. The van der Waals surface area contributed by atoms with Crippen LogP contribution >= 0.6 is 11.3 Å². The second kappa shape index (κ2) is 12.3. The topological polar surface area (TPSA) is 101 Å². The number of methoxy groups -OCH3 is 1. The lowest BCUT2D eigenvalue weighted by molar-refractivity contribution is -0.139. The fourth-order valence-corrected chi connectivity index (χ4v) is 6.42. The average Bonchev–Trinajstić information content (AvgIpc) is 3.45. The van der Waals surface area contributed by atoms with Gasteiger partial charge < -0.3 is 18.8 Å². The summed E-state index contributed by atoms with van der Waals surface area (Å²) in [6, 6.07) is 15.9. The lowest BCUT2D eigenvalue weighted by Gasteiger charge is -2.24. The average molecular weight is 600 g/mol. The largest absolute Gasteiger partial charge is 0.494 e. The van der Waals surface area contributed by atoms with Gasteiger partial charge in [-0.2, -0.15) is 0 Å². The zero-order valence-electron chi connectivity index (χ0n) is 25.0. The molecule has 9 nitrogen and oxygen atoms in total. The van der Waals surface area contributed by atoms with E-state index < -0.39 is 18.0 Å². The van der Waals surface area contributed by atoms with Crippen molar-refractivity contribution in [1.82, 2.24) is 9.13 Å². The quantitative estimate of drug-likeness (QED) is 0.279. The molecular weight excluding hydrogens is 566 g/mol. The first-order valence-corrected chi connectivity index (χ1v) is 14.8. The highest BCUT2D eigenvalue weighted by atomic mass is 32.1. The number of esters is 2. The fourth-order valence-electron chi connectivity index (χ4n) is 5.38. The predicted octanol–water partition coefficient (Wildman–Crippen LogP) is 4.39. The third kappa shape index (κ3) is 5.58. The van der Waals surface area contributed by atoms with Crippen LogP contribution in [0.3, 0.4) is 0 Å². The lowest BCUT2D eigenvalue weighted by atomic mass is 9.96. The van der Waals surface area contributed by atoms with Crippen LogP contribution in [0.25, 0.3) is 11.8 Å². The standard InChI is InChI=1S/C33H33N3O6S/c1-7-41-26-14-12-22(13-15-26)29-28(32(39)42-8-2)20(4)34-33-36(29)30(37)27(43-33)18-24-16-19(3)35(21(24)5)25-11-9-10-23(17-25)31(38)40-6/h9-18,29H,7-8H2,1-6H3/b27-18+/t29-/m0/s1. The number of fused-ring (bicyclic) bond motifs is 1. The van der Waals surface area contributed by atoms with Gasteiger partial charge in [0.2, 0.25) is 0 Å². The van der Waals surface area contributed by atoms with Crippen molar-refractivity contribution in [1.29, 1.82) is 0 Å². The van der Waals surface area contributed by atoms with E-state index >= 15 is 0 Å². The van der Waals surface area contributed by atoms with E-state index in [1.165, 1.54) is 18.4 Å². The van der Waals surface area contributed by atoms with E-state index in [0.29, 0.717) is 38.5 Å². The van der Waals surface area contributed by atoms with E-state index in [-0.39, 0.29) is 12.2 Å². The van der Waals surface area contributed by atoms with Crippen molar-refractivity contribution in [3.05, 3.63) is 114 Å². The molecule has 4 aromatic rings. The van der Waals surface area contributed by atoms with Crippen LogP contribution in [0.1, 0.15) is 59.7 Å². The van der Waals surface area contributed by atoms with Crippen LogP contribution in [0.2, 0.25) is 0 Å². The number of aryl methyl sites for hydroxylation is 1. The molecule has 0 aliphatic carbocycles. The maximum Gasteiger partial charge on any atom is 0.338 e. The Morgan fingerprint density at radius 2 is 1.74 bits per heavy atom. The van der Waals surface area contributed by atoms with Gasteiger partial charge in [-0.25, -0.2) is 14.6 Å². The summed E-state index contributed by atoms with van der Waals surface area (Å²) in [5.41, 5.74) is 5.27. The summed E-state index contributed by atoms with van der Waals surface area (Å²) in [6.07, 6.45) is 1.85. The molecule has 0 amide bonds. The second-order valence-electron chi connectivity index (χ2n) is 10.0. The van der Waals surface area contributed by atoms with E-state index in [9.17, 15) is 14.4 Å². The summed E-state index contributed by atoms with van der Waals surface area (Å²) in [5, 5.41) is 0. The second-order valence-corrected chi connectivity index (χ2v) is 11.0. The number of thiazole rings is 1. The van der Waals surface area contributed by atoms with Crippen LogP contribution in [0.15, 0.2) is 75.7 Å². The van der Waals surface area contributed by atoms with Gasteiger partial charge in [0.1, 0.15) is 5.75 Å². The first kappa shape index (κ1) is 29.8. The number of carbonyl (C=O) groups is 2. The van der Waals surface area contributed by atoms with Crippen LogP contribution in [0.5, 0.6) is 5.75 Å². The fraction of sp³-hybridized carbons (Fsp3) is 0.273. The minimum atomic E-state index is -0.707. The highest BCUT2D eigenvalue weighted by Crippen LogP contribution is 2.32. The van der Waals surface area contributed by atoms with E-state index in [0.717, 1.165) is 28.2 Å². The predicted molar refractivity (Wildman–Crippen MR) is 165 cm³/mol. The maximum atomic E-state index is 14.1. The summed E-state index contributed by atoms with van der Waals surface area (Å²) in [5.74, 6) is -0.218. The van der Waals surface area contributed by atoms with Crippen molar-refractivity contribution in [2.75, 3.05) is 20.3 Å². The number of aromatic nitrogens is 2. The third-order valence-electron chi connectivity index (χ3n) is 7.31. The molecule has 5 rings (SSSR count). The maximum absolute atomic E-state index is 14.1. The Labute approximate surface area is 253 Å². The Kier molecular flexibility index (Phi) is 8.50. The van der Waals surface area contributed by atoms with Crippen LogP contribution in [0, 0.1) is 13.8 Å². The van der Waals surface area contributed by atoms with Crippen LogP contribution in [-0.4, -0.2) is 41.4 Å². The first-order chi connectivity index (χ1) is 20.7. The number of allylic oxidation sites excluding steroid dienone is 1. The van der Waals surface area contributed by atoms with Crippen LogP contribution < -0.4 is 19.6 Å². The number of nitrogens with zero attached hydrogens (tertiary/aromatic N) is 3. The first-order valence-electron chi connectivity index (χ1n) is 14.0. The van der Waals surface area contributed by atoms with Crippen LogP contribution in [-0.2, 0) is 14.3 Å². The van der Waals surface area contributed by atoms with Crippen molar-refractivity contribution < 1.29 is 23.8 Å². The molecule has 0 saturated carbocycles. The molecule has 1 aliphatic heterocycles. The van der Waals surface area contributed by atoms with Crippen molar-refractivity contribution in [3.63, 3.8) is 0 Å². The number of rotatable bonds is 8. The molecule has 0 radical (unpaired) electrons. The van der Waals surface area contributed by atoms with E-state index in [1.807, 2.05) is 73.9 Å². The summed E-state index contributed by atoms with van der Waals surface area (Å²) >= 11 is 1.27. The number of carbonyl (C=O) groups excluding carboxylic acids is 2. The molecule has 43 heavy (non-hydrogen) atoms. The Morgan fingerprint density at radius 1 is 1.00 bits per heavy atom. The van der Waals surface area contributed by atoms with Crippen molar-refractivity contribution in [3.8, 4) is 11.4 Å². The molecule has 0 N–H and O–H groups in total. The van der Waals surface area contributed by atoms with Gasteiger partial charge in [-0.05, 0) is 88.2 Å². The van der Waals surface area contributed by atoms with Gasteiger partial charge in [0.15, 0.2) is 4.80 Å². The minimum Gasteiger partial charge on any atom is -0.494 e. The smallest absolute Gasteiger partial charge is 0.338 e. The van der Waals surface area contributed by atoms with Crippen molar-refractivity contribution >= 4 is 29.4 Å². The van der Waals surface area contributed by atoms with Crippen LogP contribution in [0.4, 0.5) is 0 Å². The highest BCUT2D eigenvalue weighted by Gasteiger charge is 2.33. The Hall–Kier alpha value is -4.70. The van der Waals surface area contributed by atoms with Gasteiger partial charge in [0, 0.05) is 17.1 Å². The summed E-state index contributed by atoms with van der Waals surface area (Å²) in [7, 11) is 1.35. The highest BCUT2D eigenvalue weighted by molar-refractivity contribution is 7.07. The SMILES string of the molecule is CCOC(=O)C1=C(C)N=c2s/c(=C/c3cc(C)n(-c4cccc(C(=O)OC)c4)c3C)c(=O)n2[C@H]1c1ccc(OCC)cc1. The normalized spacial score (nSPS) is 14.7. The molecule has 1 atom stereocenters. The number of hydrogen-bond acceptors (Lipinski definition) is 8. The van der Waals surface area contributed by atoms with Crippen molar-refractivity contribution in [2.45, 2.75) is 40.7 Å². The Morgan fingerprint density at radius 3 is 2.42 bits per heavy atom. The Bertz CT molecular complexity index is 1930. The van der Waals surface area contributed by atoms with E-state index in [4.69, 9.17) is 14.2 Å². The molecule has 0 bridgehead atoms. The Balaban J connectivity index is 1.65. The number of ether oxygens (including phenoxy) is 3. The van der Waals surface area contributed by atoms with Gasteiger partial charge in [0.05, 0.1) is 47.7 Å². The molecule has 2 aromatic heterocycles.